The van der Waals surface area contributed by atoms with E-state index < -0.39 is 5.60 Å². The Balaban J connectivity index is 1.14. The highest BCUT2D eigenvalue weighted by atomic mass is 19.1. The molecule has 0 atom stereocenters. The van der Waals surface area contributed by atoms with Crippen molar-refractivity contribution in [2.75, 3.05) is 20.1 Å². The summed E-state index contributed by atoms with van der Waals surface area (Å²) in [6.07, 6.45) is 3.58. The Morgan fingerprint density at radius 1 is 1.07 bits per heavy atom. The highest BCUT2D eigenvalue weighted by molar-refractivity contribution is 5.89. The van der Waals surface area contributed by atoms with Crippen LogP contribution in [-0.4, -0.2) is 65.2 Å². The highest BCUT2D eigenvalue weighted by Crippen LogP contribution is 2.28. The van der Waals surface area contributed by atoms with Crippen molar-refractivity contribution in [3.05, 3.63) is 82.5 Å². The number of halogens is 1. The van der Waals surface area contributed by atoms with Gasteiger partial charge in [0.1, 0.15) is 11.3 Å². The van der Waals surface area contributed by atoms with Crippen molar-refractivity contribution in [3.8, 4) is 22.6 Å². The maximum atomic E-state index is 14.8. The third-order valence-electron chi connectivity index (χ3n) is 7.74. The van der Waals surface area contributed by atoms with Crippen molar-refractivity contribution in [2.45, 2.75) is 38.1 Å². The first-order valence-electron chi connectivity index (χ1n) is 13.5. The number of aryl methyl sites for hydroxylation is 1. The maximum Gasteiger partial charge on any atom is 0.281 e. The molecule has 212 valence electrons. The molecule has 1 aliphatic rings. The van der Waals surface area contributed by atoms with Crippen LogP contribution in [0.1, 0.15) is 24.0 Å². The first-order valence-corrected chi connectivity index (χ1v) is 13.5. The molecule has 0 radical (unpaired) electrons. The molecule has 2 N–H and O–H groups in total. The van der Waals surface area contributed by atoms with Gasteiger partial charge < -0.3 is 14.9 Å². The Bertz CT molecular complexity index is 1720. The quantitative estimate of drug-likeness (QED) is 0.296. The number of hydrogen-bond donors (Lipinski definition) is 2. The molecule has 3 aromatic heterocycles. The first kappa shape index (κ1) is 26.9. The predicted molar refractivity (Wildman–Crippen MR) is 150 cm³/mol. The van der Waals surface area contributed by atoms with Gasteiger partial charge in [0.2, 0.25) is 12.2 Å². The molecule has 4 heterocycles. The summed E-state index contributed by atoms with van der Waals surface area (Å²) in [4.78, 5) is 24.0. The van der Waals surface area contributed by atoms with E-state index in [1.54, 1.807) is 23.9 Å². The summed E-state index contributed by atoms with van der Waals surface area (Å²) in [5, 5.41) is 22.7. The van der Waals surface area contributed by atoms with Crippen LogP contribution < -0.4 is 10.9 Å². The Morgan fingerprint density at radius 2 is 1.83 bits per heavy atom. The minimum atomic E-state index is -1.09. The monoisotopic (exact) mass is 558 g/mol. The average molecular weight is 559 g/mol. The molecule has 0 spiro atoms. The molecule has 1 aliphatic heterocycles. The topological polar surface area (TPSA) is 127 Å². The van der Waals surface area contributed by atoms with Crippen LogP contribution in [0.25, 0.3) is 33.7 Å². The summed E-state index contributed by atoms with van der Waals surface area (Å²) < 4.78 is 22.6. The van der Waals surface area contributed by atoms with Crippen LogP contribution in [0.5, 0.6) is 0 Å². The van der Waals surface area contributed by atoms with Gasteiger partial charge in [-0.25, -0.2) is 9.37 Å². The van der Waals surface area contributed by atoms with Crippen LogP contribution in [0, 0.1) is 5.82 Å². The average Bonchev–Trinajstić information content (AvgIpc) is 3.62. The predicted octanol–water partition coefficient (Wildman–Crippen LogP) is 2.73. The van der Waals surface area contributed by atoms with Gasteiger partial charge >= 0.3 is 0 Å². The van der Waals surface area contributed by atoms with Gasteiger partial charge in [0.05, 0.1) is 24.2 Å². The van der Waals surface area contributed by atoms with Crippen LogP contribution in [0.2, 0.25) is 0 Å². The molecular weight excluding hydrogens is 527 g/mol. The van der Waals surface area contributed by atoms with Crippen LogP contribution in [0.3, 0.4) is 0 Å². The molecular formula is C29H31FN8O3. The van der Waals surface area contributed by atoms with Gasteiger partial charge in [-0.1, -0.05) is 41.6 Å². The molecule has 0 amide bonds. The molecule has 6 rings (SSSR count). The molecule has 0 unspecified atom stereocenters. The van der Waals surface area contributed by atoms with Gasteiger partial charge in [0.15, 0.2) is 5.52 Å². The number of likely N-dealkylation sites (tertiary alicyclic amines) is 1. The number of rotatable bonds is 8. The Hall–Kier alpha value is -4.26. The second kappa shape index (κ2) is 11.0. The molecule has 41 heavy (non-hydrogen) atoms. The summed E-state index contributed by atoms with van der Waals surface area (Å²) in [6.45, 7) is 2.41. The molecule has 0 aliphatic carbocycles. The van der Waals surface area contributed by atoms with E-state index in [0.29, 0.717) is 54.9 Å². The third-order valence-corrected chi connectivity index (χ3v) is 7.74. The lowest BCUT2D eigenvalue weighted by Crippen LogP contribution is -2.47. The Kier molecular flexibility index (Phi) is 7.20. The van der Waals surface area contributed by atoms with E-state index in [9.17, 15) is 14.3 Å². The number of fused-ring (bicyclic) bond motifs is 1. The fourth-order valence-corrected chi connectivity index (χ4v) is 5.47. The largest absolute Gasteiger partial charge is 0.388 e. The van der Waals surface area contributed by atoms with Crippen molar-refractivity contribution >= 4 is 11.0 Å². The Labute approximate surface area is 235 Å². The molecule has 0 saturated carbocycles. The van der Waals surface area contributed by atoms with Crippen molar-refractivity contribution in [1.29, 1.82) is 0 Å². The fourth-order valence-electron chi connectivity index (χ4n) is 5.47. The first-order chi connectivity index (χ1) is 19.8. The van der Waals surface area contributed by atoms with Crippen LogP contribution >= 0.6 is 0 Å². The van der Waals surface area contributed by atoms with Gasteiger partial charge in [0, 0.05) is 49.9 Å². The number of hydrogen-bond acceptors (Lipinski definition) is 9. The van der Waals surface area contributed by atoms with E-state index >= 15 is 0 Å². The summed E-state index contributed by atoms with van der Waals surface area (Å²) in [5.41, 5.74) is 3.37. The summed E-state index contributed by atoms with van der Waals surface area (Å²) in [6, 6.07) is 13.0. The fraction of sp³-hybridized carbons (Fsp3) is 0.345. The zero-order valence-corrected chi connectivity index (χ0v) is 22.9. The summed E-state index contributed by atoms with van der Waals surface area (Å²) >= 11 is 0. The lowest BCUT2D eigenvalue weighted by Gasteiger charge is -2.38. The van der Waals surface area contributed by atoms with Crippen molar-refractivity contribution in [2.24, 2.45) is 7.05 Å². The smallest absolute Gasteiger partial charge is 0.281 e. The lowest BCUT2D eigenvalue weighted by molar-refractivity contribution is -0.0366. The number of aliphatic hydroxyl groups is 1. The molecule has 12 heteroatoms. The Morgan fingerprint density at radius 3 is 2.51 bits per heavy atom. The molecule has 2 aromatic carbocycles. The minimum Gasteiger partial charge on any atom is -0.388 e. The number of benzene rings is 2. The number of piperidine rings is 1. The van der Waals surface area contributed by atoms with E-state index in [4.69, 9.17) is 4.52 Å². The van der Waals surface area contributed by atoms with Crippen molar-refractivity contribution < 1.29 is 14.0 Å². The van der Waals surface area contributed by atoms with E-state index in [0.717, 1.165) is 23.4 Å². The summed E-state index contributed by atoms with van der Waals surface area (Å²) in [5.74, 6) is -0.00938. The van der Waals surface area contributed by atoms with Crippen molar-refractivity contribution in [1.82, 2.24) is 39.7 Å². The molecule has 1 saturated heterocycles. The number of aromatic nitrogens is 6. The van der Waals surface area contributed by atoms with Gasteiger partial charge in [0.25, 0.3) is 5.56 Å². The van der Waals surface area contributed by atoms with E-state index in [1.807, 2.05) is 31.3 Å². The van der Waals surface area contributed by atoms with Gasteiger partial charge in [-0.05, 0) is 31.5 Å². The second-order valence-electron chi connectivity index (χ2n) is 10.6. The second-order valence-corrected chi connectivity index (χ2v) is 10.6. The standard InChI is InChI=1S/C29H31FN8O3/c1-31-14-19-3-5-20(6-4-19)26-24-25(34-36(26)2)28(39)38(17-32-24)16-29(40)9-11-37(12-10-29)15-22-8-7-21(13-23(22)30)27-33-18-41-35-27/h3-8,13,17-18,31,40H,9-12,14-16H2,1-2H3. The van der Waals surface area contributed by atoms with Crippen LogP contribution in [0.4, 0.5) is 4.39 Å². The number of nitrogens with one attached hydrogen (secondary N) is 1. The molecule has 1 fully saturated rings. The van der Waals surface area contributed by atoms with Crippen LogP contribution in [-0.2, 0) is 26.7 Å². The molecule has 5 aromatic rings. The van der Waals surface area contributed by atoms with Gasteiger partial charge in [-0.2, -0.15) is 10.1 Å². The zero-order valence-electron chi connectivity index (χ0n) is 22.9. The van der Waals surface area contributed by atoms with E-state index in [2.05, 4.69) is 30.4 Å². The molecule has 11 nitrogen and oxygen atoms in total. The van der Waals surface area contributed by atoms with E-state index in [-0.39, 0.29) is 23.4 Å². The highest BCUT2D eigenvalue weighted by Gasteiger charge is 2.33. The van der Waals surface area contributed by atoms with Gasteiger partial charge in [-0.15, -0.1) is 0 Å². The normalized spacial score (nSPS) is 15.5. The minimum absolute atomic E-state index is 0.112. The van der Waals surface area contributed by atoms with Crippen molar-refractivity contribution in [3.63, 3.8) is 0 Å². The van der Waals surface area contributed by atoms with E-state index in [1.165, 1.54) is 23.4 Å². The van der Waals surface area contributed by atoms with Gasteiger partial charge in [-0.3, -0.25) is 18.9 Å². The SMILES string of the molecule is CNCc1ccc(-c2c3ncn(CC4(O)CCN(Cc5ccc(-c6ncon6)cc5F)CC4)c(=O)c3nn2C)cc1. The van der Waals surface area contributed by atoms with Crippen LogP contribution in [0.15, 0.2) is 64.5 Å². The number of nitrogens with zero attached hydrogens (tertiary/aromatic N) is 7. The third kappa shape index (κ3) is 5.41. The summed E-state index contributed by atoms with van der Waals surface area (Å²) in [7, 11) is 3.70. The lowest BCUT2D eigenvalue weighted by atomic mass is 9.91. The zero-order chi connectivity index (χ0) is 28.6. The maximum absolute atomic E-state index is 14.8. The molecule has 0 bridgehead atoms.